The Kier molecular flexibility index (Phi) is 4.62. The predicted molar refractivity (Wildman–Crippen MR) is 74.9 cm³/mol. The summed E-state index contributed by atoms with van der Waals surface area (Å²) >= 11 is 4.54. The molecule has 1 aromatic carbocycles. The number of sulfonamides is 1. The molecule has 0 unspecified atom stereocenters. The lowest BCUT2D eigenvalue weighted by Gasteiger charge is -2.08. The highest BCUT2D eigenvalue weighted by molar-refractivity contribution is 7.95. The number of anilines is 2. The van der Waals surface area contributed by atoms with Gasteiger partial charge in [0, 0.05) is 18.3 Å². The van der Waals surface area contributed by atoms with Gasteiger partial charge in [0.05, 0.1) is 4.99 Å². The van der Waals surface area contributed by atoms with Crippen LogP contribution in [0.1, 0.15) is 6.92 Å². The fourth-order valence-electron chi connectivity index (χ4n) is 1.23. The van der Waals surface area contributed by atoms with Gasteiger partial charge in [0.15, 0.2) is 0 Å². The predicted octanol–water partition coefficient (Wildman–Crippen LogP) is 0.673. The Balaban J connectivity index is 2.75. The van der Waals surface area contributed by atoms with E-state index in [1.165, 1.54) is 19.1 Å². The molecule has 0 atom stereocenters. The zero-order valence-corrected chi connectivity index (χ0v) is 11.3. The minimum absolute atomic E-state index is 0.0997. The van der Waals surface area contributed by atoms with E-state index in [2.05, 4.69) is 22.3 Å². The summed E-state index contributed by atoms with van der Waals surface area (Å²) in [7, 11) is -3.57. The topological polar surface area (TPSA) is 101 Å². The van der Waals surface area contributed by atoms with Crippen LogP contribution < -0.4 is 15.8 Å². The SMILES string of the molecule is CC(=O)Nc1ccc(NS(=O)(=O)CC(N)=S)cc1. The van der Waals surface area contributed by atoms with Crippen LogP contribution in [-0.4, -0.2) is 25.1 Å². The Bertz CT molecular complexity index is 552. The van der Waals surface area contributed by atoms with Gasteiger partial charge >= 0.3 is 0 Å². The van der Waals surface area contributed by atoms with Gasteiger partial charge in [-0.15, -0.1) is 0 Å². The van der Waals surface area contributed by atoms with Crippen molar-refractivity contribution >= 4 is 44.5 Å². The Morgan fingerprint density at radius 3 is 2.22 bits per heavy atom. The summed E-state index contributed by atoms with van der Waals surface area (Å²) in [5, 5.41) is 2.57. The summed E-state index contributed by atoms with van der Waals surface area (Å²) in [5.41, 5.74) is 6.13. The van der Waals surface area contributed by atoms with E-state index in [-0.39, 0.29) is 10.9 Å². The summed E-state index contributed by atoms with van der Waals surface area (Å²) in [6.07, 6.45) is 0. The summed E-state index contributed by atoms with van der Waals surface area (Å²) in [6, 6.07) is 6.23. The highest BCUT2D eigenvalue weighted by atomic mass is 32.2. The van der Waals surface area contributed by atoms with E-state index in [9.17, 15) is 13.2 Å². The molecule has 1 aromatic rings. The number of rotatable bonds is 5. The number of carbonyl (C=O) groups is 1. The monoisotopic (exact) mass is 287 g/mol. The minimum atomic E-state index is -3.57. The number of carbonyl (C=O) groups excluding carboxylic acids is 1. The van der Waals surface area contributed by atoms with Crippen LogP contribution >= 0.6 is 12.2 Å². The highest BCUT2D eigenvalue weighted by Gasteiger charge is 2.11. The fraction of sp³-hybridized carbons (Fsp3) is 0.200. The molecule has 1 amide bonds. The van der Waals surface area contributed by atoms with Gasteiger partial charge in [-0.05, 0) is 24.3 Å². The first-order valence-electron chi connectivity index (χ1n) is 4.95. The molecule has 0 spiro atoms. The number of hydrogen-bond donors (Lipinski definition) is 3. The Morgan fingerprint density at radius 1 is 1.28 bits per heavy atom. The fourth-order valence-corrected chi connectivity index (χ4v) is 2.64. The molecule has 98 valence electrons. The van der Waals surface area contributed by atoms with E-state index in [0.29, 0.717) is 11.4 Å². The molecule has 4 N–H and O–H groups in total. The van der Waals surface area contributed by atoms with Gasteiger partial charge in [0.1, 0.15) is 5.75 Å². The zero-order valence-electron chi connectivity index (χ0n) is 9.64. The number of nitrogens with one attached hydrogen (secondary N) is 2. The number of thiocarbonyl (C=S) groups is 1. The second-order valence-corrected chi connectivity index (χ2v) is 5.83. The van der Waals surface area contributed by atoms with Crippen LogP contribution in [0.2, 0.25) is 0 Å². The van der Waals surface area contributed by atoms with Crippen molar-refractivity contribution in [1.82, 2.24) is 0 Å². The number of hydrogen-bond acceptors (Lipinski definition) is 4. The molecular formula is C10H13N3O3S2. The molecule has 0 aromatic heterocycles. The standard InChI is InChI=1S/C10H13N3O3S2/c1-7(14)12-8-2-4-9(5-3-8)13-18(15,16)6-10(11)17/h2-5,13H,6H2,1H3,(H2,11,17)(H,12,14). The third-order valence-electron chi connectivity index (χ3n) is 1.81. The van der Waals surface area contributed by atoms with Gasteiger partial charge in [-0.25, -0.2) is 8.42 Å². The van der Waals surface area contributed by atoms with Crippen molar-refractivity contribution in [3.63, 3.8) is 0 Å². The number of nitrogens with two attached hydrogens (primary N) is 1. The Morgan fingerprint density at radius 2 is 1.78 bits per heavy atom. The molecule has 0 saturated heterocycles. The van der Waals surface area contributed by atoms with Crippen LogP contribution in [0.15, 0.2) is 24.3 Å². The van der Waals surface area contributed by atoms with Gasteiger partial charge in [-0.2, -0.15) is 0 Å². The molecule has 0 radical (unpaired) electrons. The lowest BCUT2D eigenvalue weighted by Crippen LogP contribution is -2.26. The van der Waals surface area contributed by atoms with E-state index < -0.39 is 15.8 Å². The number of benzene rings is 1. The quantitative estimate of drug-likeness (QED) is 0.691. The van der Waals surface area contributed by atoms with E-state index in [1.54, 1.807) is 12.1 Å². The first-order valence-corrected chi connectivity index (χ1v) is 7.01. The van der Waals surface area contributed by atoms with Crippen molar-refractivity contribution in [2.24, 2.45) is 5.73 Å². The molecule has 0 bridgehead atoms. The zero-order chi connectivity index (χ0) is 13.8. The van der Waals surface area contributed by atoms with Crippen molar-refractivity contribution in [1.29, 1.82) is 0 Å². The summed E-state index contributed by atoms with van der Waals surface area (Å²) in [5.74, 6) is -0.604. The maximum absolute atomic E-state index is 11.5. The van der Waals surface area contributed by atoms with Crippen LogP contribution in [0, 0.1) is 0 Å². The smallest absolute Gasteiger partial charge is 0.239 e. The van der Waals surface area contributed by atoms with Gasteiger partial charge in [0.2, 0.25) is 15.9 Å². The molecular weight excluding hydrogens is 274 g/mol. The average molecular weight is 287 g/mol. The van der Waals surface area contributed by atoms with Crippen molar-refractivity contribution < 1.29 is 13.2 Å². The molecule has 18 heavy (non-hydrogen) atoms. The van der Waals surface area contributed by atoms with Crippen molar-refractivity contribution in [2.45, 2.75) is 6.92 Å². The van der Waals surface area contributed by atoms with Crippen LogP contribution in [0.5, 0.6) is 0 Å². The average Bonchev–Trinajstić information content (AvgIpc) is 2.17. The lowest BCUT2D eigenvalue weighted by atomic mass is 10.3. The second-order valence-electron chi connectivity index (χ2n) is 3.59. The Labute approximate surface area is 111 Å². The summed E-state index contributed by atoms with van der Waals surface area (Å²) < 4.78 is 25.4. The molecule has 6 nitrogen and oxygen atoms in total. The first-order chi connectivity index (χ1) is 8.28. The second kappa shape index (κ2) is 5.78. The third-order valence-corrected chi connectivity index (χ3v) is 3.38. The van der Waals surface area contributed by atoms with Crippen molar-refractivity contribution in [3.8, 4) is 0 Å². The van der Waals surface area contributed by atoms with Crippen molar-refractivity contribution in [2.75, 3.05) is 15.8 Å². The molecule has 8 heteroatoms. The molecule has 0 aliphatic rings. The van der Waals surface area contributed by atoms with Gasteiger partial charge in [0.25, 0.3) is 0 Å². The lowest BCUT2D eigenvalue weighted by molar-refractivity contribution is -0.114. The summed E-state index contributed by atoms with van der Waals surface area (Å²) in [4.78, 5) is 10.7. The molecule has 0 fully saturated rings. The van der Waals surface area contributed by atoms with Gasteiger partial charge in [-0.1, -0.05) is 12.2 Å². The minimum Gasteiger partial charge on any atom is -0.392 e. The first kappa shape index (κ1) is 14.4. The van der Waals surface area contributed by atoms with Crippen LogP contribution in [-0.2, 0) is 14.8 Å². The maximum Gasteiger partial charge on any atom is 0.239 e. The third kappa shape index (κ3) is 5.11. The van der Waals surface area contributed by atoms with Gasteiger partial charge in [-0.3, -0.25) is 9.52 Å². The summed E-state index contributed by atoms with van der Waals surface area (Å²) in [6.45, 7) is 1.39. The van der Waals surface area contributed by atoms with E-state index in [1.807, 2.05) is 0 Å². The Hall–Kier alpha value is -1.67. The highest BCUT2D eigenvalue weighted by Crippen LogP contribution is 2.14. The van der Waals surface area contributed by atoms with Crippen molar-refractivity contribution in [3.05, 3.63) is 24.3 Å². The molecule has 0 aliphatic carbocycles. The molecule has 1 rings (SSSR count). The van der Waals surface area contributed by atoms with E-state index >= 15 is 0 Å². The van der Waals surface area contributed by atoms with Crippen LogP contribution in [0.3, 0.4) is 0 Å². The van der Waals surface area contributed by atoms with Crippen LogP contribution in [0.4, 0.5) is 11.4 Å². The van der Waals surface area contributed by atoms with Crippen LogP contribution in [0.25, 0.3) is 0 Å². The molecule has 0 heterocycles. The molecule has 0 aliphatic heterocycles. The molecule has 0 saturated carbocycles. The van der Waals surface area contributed by atoms with Gasteiger partial charge < -0.3 is 11.1 Å². The normalized spacial score (nSPS) is 10.7. The largest absolute Gasteiger partial charge is 0.392 e. The van der Waals surface area contributed by atoms with E-state index in [4.69, 9.17) is 5.73 Å². The number of amides is 1. The van der Waals surface area contributed by atoms with E-state index in [0.717, 1.165) is 0 Å². The maximum atomic E-state index is 11.5.